The molecule has 0 bridgehead atoms. The zero-order chi connectivity index (χ0) is 9.78. The molecule has 0 saturated heterocycles. The number of hydrogen-bond donors (Lipinski definition) is 1. The van der Waals surface area contributed by atoms with Crippen molar-refractivity contribution in [1.82, 2.24) is 0 Å². The largest absolute Gasteiger partial charge is 0.384 e. The van der Waals surface area contributed by atoms with Crippen molar-refractivity contribution in [2.45, 2.75) is 46.1 Å². The molecule has 0 amide bonds. The van der Waals surface area contributed by atoms with Crippen molar-refractivity contribution >= 4 is 5.71 Å². The molecule has 1 atom stereocenters. The van der Waals surface area contributed by atoms with Gasteiger partial charge >= 0.3 is 0 Å². The summed E-state index contributed by atoms with van der Waals surface area (Å²) in [6.45, 7) is 8.04. The Morgan fingerprint density at radius 2 is 1.92 bits per heavy atom. The van der Waals surface area contributed by atoms with Crippen LogP contribution in [0.2, 0.25) is 0 Å². The van der Waals surface area contributed by atoms with E-state index < -0.39 is 5.60 Å². The van der Waals surface area contributed by atoms with Gasteiger partial charge in [-0.2, -0.15) is 0 Å². The van der Waals surface area contributed by atoms with Crippen LogP contribution in [0.4, 0.5) is 0 Å². The van der Waals surface area contributed by atoms with E-state index in [1.165, 1.54) is 0 Å². The Balaban J connectivity index is 0. The van der Waals surface area contributed by atoms with E-state index in [1.807, 2.05) is 20.8 Å². The molecule has 13 heavy (non-hydrogen) atoms. The quantitative estimate of drug-likeness (QED) is 0.773. The van der Waals surface area contributed by atoms with Crippen molar-refractivity contribution in [1.29, 1.82) is 0 Å². The smallest absolute Gasteiger partial charge is 0.104 e. The van der Waals surface area contributed by atoms with Gasteiger partial charge in [0.2, 0.25) is 0 Å². The zero-order valence-corrected chi connectivity index (χ0v) is 12.3. The minimum atomic E-state index is -0.691. The van der Waals surface area contributed by atoms with Crippen molar-refractivity contribution in [3.63, 3.8) is 0 Å². The van der Waals surface area contributed by atoms with Gasteiger partial charge in [0.1, 0.15) is 5.60 Å². The third-order valence-electron chi connectivity index (χ3n) is 2.55. The Morgan fingerprint density at radius 1 is 1.46 bits per heavy atom. The number of hydrogen-bond acceptors (Lipinski definition) is 2. The topological polar surface area (TPSA) is 32.6 Å². The number of rotatable bonds is 4. The van der Waals surface area contributed by atoms with E-state index in [1.54, 1.807) is 7.05 Å². The van der Waals surface area contributed by atoms with E-state index in [-0.39, 0.29) is 38.6 Å². The standard InChI is InChI=1S/C10H21NO.Y/c1-6-7-10(12,8(2)3)9(4)11-5;/h8,12H,6-7H2,1-5H3;. The number of aliphatic hydroxyl groups is 1. The Morgan fingerprint density at radius 3 is 2.15 bits per heavy atom. The van der Waals surface area contributed by atoms with Crippen molar-refractivity contribution in [2.75, 3.05) is 7.05 Å². The predicted octanol–water partition coefficient (Wildman–Crippen LogP) is 2.26. The second-order valence-electron chi connectivity index (χ2n) is 3.64. The van der Waals surface area contributed by atoms with Crippen LogP contribution in [0.5, 0.6) is 0 Å². The maximum Gasteiger partial charge on any atom is 0.104 e. The maximum atomic E-state index is 10.2. The van der Waals surface area contributed by atoms with Crippen LogP contribution >= 0.6 is 0 Å². The van der Waals surface area contributed by atoms with Gasteiger partial charge in [-0.25, -0.2) is 0 Å². The van der Waals surface area contributed by atoms with Gasteiger partial charge in [0.25, 0.3) is 0 Å². The van der Waals surface area contributed by atoms with Crippen molar-refractivity contribution in [3.8, 4) is 0 Å². The summed E-state index contributed by atoms with van der Waals surface area (Å²) in [7, 11) is 1.73. The van der Waals surface area contributed by atoms with Gasteiger partial charge in [0.15, 0.2) is 0 Å². The first-order chi connectivity index (χ1) is 5.49. The molecule has 0 rings (SSSR count). The molecule has 75 valence electrons. The first-order valence-corrected chi connectivity index (χ1v) is 4.65. The third-order valence-corrected chi connectivity index (χ3v) is 2.55. The molecule has 1 radical (unpaired) electrons. The Bertz CT molecular complexity index is 168. The molecule has 3 heteroatoms. The number of aliphatic imine (C=N–C) groups is 1. The normalized spacial score (nSPS) is 16.7. The van der Waals surface area contributed by atoms with Gasteiger partial charge in [-0.1, -0.05) is 27.2 Å². The van der Waals surface area contributed by atoms with Crippen molar-refractivity contribution < 1.29 is 37.8 Å². The molecule has 0 aromatic carbocycles. The van der Waals surface area contributed by atoms with E-state index >= 15 is 0 Å². The van der Waals surface area contributed by atoms with Gasteiger partial charge in [-0.15, -0.1) is 0 Å². The van der Waals surface area contributed by atoms with E-state index in [2.05, 4.69) is 11.9 Å². The van der Waals surface area contributed by atoms with Crippen LogP contribution in [0.25, 0.3) is 0 Å². The van der Waals surface area contributed by atoms with Gasteiger partial charge < -0.3 is 5.11 Å². The minimum absolute atomic E-state index is 0. The summed E-state index contributed by atoms with van der Waals surface area (Å²) < 4.78 is 0. The minimum Gasteiger partial charge on any atom is -0.384 e. The summed E-state index contributed by atoms with van der Waals surface area (Å²) in [6.07, 6.45) is 1.79. The fraction of sp³-hybridized carbons (Fsp3) is 0.900. The molecular weight excluding hydrogens is 239 g/mol. The summed E-state index contributed by atoms with van der Waals surface area (Å²) >= 11 is 0. The van der Waals surface area contributed by atoms with Crippen molar-refractivity contribution in [2.24, 2.45) is 10.9 Å². The molecule has 0 fully saturated rings. The summed E-state index contributed by atoms with van der Waals surface area (Å²) in [5.41, 5.74) is 0.156. The van der Waals surface area contributed by atoms with Gasteiger partial charge in [0.05, 0.1) is 0 Å². The summed E-state index contributed by atoms with van der Waals surface area (Å²) in [4.78, 5) is 4.07. The van der Waals surface area contributed by atoms with Gasteiger partial charge in [-0.3, -0.25) is 4.99 Å². The monoisotopic (exact) mass is 260 g/mol. The van der Waals surface area contributed by atoms with Crippen LogP contribution in [-0.4, -0.2) is 23.5 Å². The van der Waals surface area contributed by atoms with Crippen LogP contribution in [0, 0.1) is 5.92 Å². The molecule has 0 aliphatic rings. The Hall–Kier alpha value is 0.734. The molecule has 0 aromatic rings. The van der Waals surface area contributed by atoms with Crippen LogP contribution < -0.4 is 0 Å². The average Bonchev–Trinajstić information content (AvgIpc) is 2.03. The molecule has 0 aliphatic heterocycles. The van der Waals surface area contributed by atoms with E-state index in [4.69, 9.17) is 0 Å². The van der Waals surface area contributed by atoms with Crippen LogP contribution in [0.15, 0.2) is 4.99 Å². The summed E-state index contributed by atoms with van der Waals surface area (Å²) in [5.74, 6) is 0.237. The molecular formula is C10H21NOY. The number of nitrogens with zero attached hydrogens (tertiary/aromatic N) is 1. The molecule has 1 unspecified atom stereocenters. The van der Waals surface area contributed by atoms with Crippen LogP contribution in [0.3, 0.4) is 0 Å². The first-order valence-electron chi connectivity index (χ1n) is 4.65. The fourth-order valence-corrected chi connectivity index (χ4v) is 1.46. The van der Waals surface area contributed by atoms with Gasteiger partial charge in [0, 0.05) is 45.5 Å². The van der Waals surface area contributed by atoms with Crippen molar-refractivity contribution in [3.05, 3.63) is 0 Å². The molecule has 2 nitrogen and oxygen atoms in total. The molecule has 0 aliphatic carbocycles. The molecule has 0 heterocycles. The summed E-state index contributed by atoms with van der Waals surface area (Å²) in [5, 5.41) is 10.2. The zero-order valence-electron chi connectivity index (χ0n) is 9.46. The second-order valence-corrected chi connectivity index (χ2v) is 3.64. The Labute approximate surface area is 107 Å². The molecule has 0 aromatic heterocycles. The Kier molecular flexibility index (Phi) is 8.81. The average molecular weight is 260 g/mol. The van der Waals surface area contributed by atoms with Gasteiger partial charge in [-0.05, 0) is 19.3 Å². The SMILES string of the molecule is CCCC(O)(C(C)=NC)C(C)C.[Y]. The summed E-state index contributed by atoms with van der Waals surface area (Å²) in [6, 6.07) is 0. The van der Waals surface area contributed by atoms with Crippen LogP contribution in [0.1, 0.15) is 40.5 Å². The molecule has 0 saturated carbocycles. The second kappa shape index (κ2) is 7.08. The predicted molar refractivity (Wildman–Crippen MR) is 53.7 cm³/mol. The van der Waals surface area contributed by atoms with E-state index in [9.17, 15) is 5.11 Å². The first kappa shape index (κ1) is 16.2. The van der Waals surface area contributed by atoms with E-state index in [0.717, 1.165) is 18.6 Å². The fourth-order valence-electron chi connectivity index (χ4n) is 1.46. The third kappa shape index (κ3) is 4.18. The maximum absolute atomic E-state index is 10.2. The van der Waals surface area contributed by atoms with E-state index in [0.29, 0.717) is 0 Å². The molecule has 1 N–H and O–H groups in total. The molecule has 0 spiro atoms. The van der Waals surface area contributed by atoms with Crippen LogP contribution in [-0.2, 0) is 32.7 Å².